The molecule has 1 N–H and O–H groups in total. The summed E-state index contributed by atoms with van der Waals surface area (Å²) in [5.41, 5.74) is 0.304. The number of methoxy groups -OCH3 is 1. The third-order valence-electron chi connectivity index (χ3n) is 3.73. The van der Waals surface area contributed by atoms with E-state index in [0.717, 1.165) is 52.5 Å². The summed E-state index contributed by atoms with van der Waals surface area (Å²) < 4.78 is 10.8. The average Bonchev–Trinajstić information content (AvgIpc) is 2.84. The van der Waals surface area contributed by atoms with Gasteiger partial charge < -0.3 is 19.7 Å². The van der Waals surface area contributed by atoms with Crippen molar-refractivity contribution in [1.29, 1.82) is 0 Å². The van der Waals surface area contributed by atoms with E-state index in [2.05, 4.69) is 24.1 Å². The fourth-order valence-electron chi connectivity index (χ4n) is 2.54. The van der Waals surface area contributed by atoms with Gasteiger partial charge in [0.05, 0.1) is 13.2 Å². The van der Waals surface area contributed by atoms with Crippen LogP contribution in [0.5, 0.6) is 0 Å². The molecule has 0 aliphatic carbocycles. The Morgan fingerprint density at radius 1 is 1.39 bits per heavy atom. The minimum absolute atomic E-state index is 0.304. The summed E-state index contributed by atoms with van der Waals surface area (Å²) in [5, 5.41) is 3.57. The Labute approximate surface area is 112 Å². The molecule has 0 aromatic heterocycles. The largest absolute Gasteiger partial charge is 0.383 e. The first-order valence-electron chi connectivity index (χ1n) is 7.26. The van der Waals surface area contributed by atoms with Crippen LogP contribution in [0.25, 0.3) is 0 Å². The number of hydrogen-bond acceptors (Lipinski definition) is 4. The van der Waals surface area contributed by atoms with Crippen LogP contribution in [0.4, 0.5) is 0 Å². The van der Waals surface area contributed by atoms with E-state index in [1.807, 2.05) is 0 Å². The lowest BCUT2D eigenvalue weighted by Crippen LogP contribution is -2.45. The number of ether oxygens (including phenoxy) is 2. The van der Waals surface area contributed by atoms with Crippen LogP contribution in [0.3, 0.4) is 0 Å². The van der Waals surface area contributed by atoms with Crippen LogP contribution < -0.4 is 5.32 Å². The van der Waals surface area contributed by atoms with Gasteiger partial charge in [-0.15, -0.1) is 0 Å². The van der Waals surface area contributed by atoms with Gasteiger partial charge in [0.15, 0.2) is 0 Å². The summed E-state index contributed by atoms with van der Waals surface area (Å²) in [6.07, 6.45) is 2.37. The molecule has 1 aliphatic rings. The highest BCUT2D eigenvalue weighted by Gasteiger charge is 2.35. The molecular weight excluding hydrogens is 228 g/mol. The van der Waals surface area contributed by atoms with Crippen LogP contribution in [-0.2, 0) is 9.47 Å². The second-order valence-corrected chi connectivity index (χ2v) is 5.34. The second kappa shape index (κ2) is 8.86. The van der Waals surface area contributed by atoms with Crippen LogP contribution in [0.15, 0.2) is 0 Å². The van der Waals surface area contributed by atoms with Gasteiger partial charge in [-0.1, -0.05) is 13.8 Å². The Morgan fingerprint density at radius 3 is 2.78 bits per heavy atom. The van der Waals surface area contributed by atoms with Crippen LogP contribution in [0.1, 0.15) is 26.7 Å². The van der Waals surface area contributed by atoms with Gasteiger partial charge in [-0.25, -0.2) is 0 Å². The number of rotatable bonds is 10. The van der Waals surface area contributed by atoms with Gasteiger partial charge in [-0.05, 0) is 25.9 Å². The lowest BCUT2D eigenvalue weighted by atomic mass is 9.86. The standard InChI is InChI=1S/C14H30N2O2/c1-4-7-15-11-14(6-9-18-13-14)12-16(5-2)8-10-17-3/h15H,4-13H2,1-3H3. The van der Waals surface area contributed by atoms with E-state index >= 15 is 0 Å². The first-order chi connectivity index (χ1) is 8.76. The first kappa shape index (κ1) is 15.9. The van der Waals surface area contributed by atoms with E-state index in [1.54, 1.807) is 7.11 Å². The number of hydrogen-bond donors (Lipinski definition) is 1. The highest BCUT2D eigenvalue weighted by Crippen LogP contribution is 2.29. The van der Waals surface area contributed by atoms with Gasteiger partial charge in [0, 0.05) is 38.8 Å². The molecule has 108 valence electrons. The molecule has 0 aromatic carbocycles. The van der Waals surface area contributed by atoms with E-state index in [1.165, 1.54) is 12.8 Å². The molecule has 0 spiro atoms. The van der Waals surface area contributed by atoms with Crippen molar-refractivity contribution >= 4 is 0 Å². The van der Waals surface area contributed by atoms with Gasteiger partial charge in [-0.3, -0.25) is 0 Å². The molecule has 4 heteroatoms. The smallest absolute Gasteiger partial charge is 0.0589 e. The summed E-state index contributed by atoms with van der Waals surface area (Å²) in [6, 6.07) is 0. The van der Waals surface area contributed by atoms with Crippen molar-refractivity contribution in [2.75, 3.05) is 59.7 Å². The van der Waals surface area contributed by atoms with E-state index in [-0.39, 0.29) is 0 Å². The Morgan fingerprint density at radius 2 is 2.22 bits per heavy atom. The minimum Gasteiger partial charge on any atom is -0.383 e. The van der Waals surface area contributed by atoms with Crippen LogP contribution >= 0.6 is 0 Å². The molecule has 0 bridgehead atoms. The van der Waals surface area contributed by atoms with E-state index in [9.17, 15) is 0 Å². The topological polar surface area (TPSA) is 33.7 Å². The quantitative estimate of drug-likeness (QED) is 0.600. The molecule has 0 saturated carbocycles. The molecule has 1 atom stereocenters. The Hall–Kier alpha value is -0.160. The maximum Gasteiger partial charge on any atom is 0.0589 e. The Balaban J connectivity index is 2.43. The molecule has 0 aromatic rings. The summed E-state index contributed by atoms with van der Waals surface area (Å²) in [4.78, 5) is 2.48. The predicted octanol–water partition coefficient (Wildman–Crippen LogP) is 1.36. The van der Waals surface area contributed by atoms with Gasteiger partial charge in [0.25, 0.3) is 0 Å². The van der Waals surface area contributed by atoms with Crippen molar-refractivity contribution < 1.29 is 9.47 Å². The summed E-state index contributed by atoms with van der Waals surface area (Å²) in [5.74, 6) is 0. The number of nitrogens with zero attached hydrogens (tertiary/aromatic N) is 1. The van der Waals surface area contributed by atoms with Gasteiger partial charge in [0.1, 0.15) is 0 Å². The van der Waals surface area contributed by atoms with Crippen molar-refractivity contribution in [3.8, 4) is 0 Å². The van der Waals surface area contributed by atoms with Crippen molar-refractivity contribution in [1.82, 2.24) is 10.2 Å². The molecule has 1 heterocycles. The first-order valence-corrected chi connectivity index (χ1v) is 7.26. The molecule has 1 fully saturated rings. The molecule has 18 heavy (non-hydrogen) atoms. The maximum absolute atomic E-state index is 5.64. The maximum atomic E-state index is 5.64. The van der Waals surface area contributed by atoms with Crippen molar-refractivity contribution in [3.63, 3.8) is 0 Å². The van der Waals surface area contributed by atoms with E-state index in [0.29, 0.717) is 5.41 Å². The third-order valence-corrected chi connectivity index (χ3v) is 3.73. The third kappa shape index (κ3) is 5.22. The molecule has 0 amide bonds. The number of likely N-dealkylation sites (N-methyl/N-ethyl adjacent to an activating group) is 1. The molecule has 1 saturated heterocycles. The average molecular weight is 258 g/mol. The van der Waals surface area contributed by atoms with Crippen molar-refractivity contribution in [2.45, 2.75) is 26.7 Å². The predicted molar refractivity (Wildman–Crippen MR) is 75.0 cm³/mol. The second-order valence-electron chi connectivity index (χ2n) is 5.34. The summed E-state index contributed by atoms with van der Waals surface area (Å²) in [6.45, 7) is 12.4. The van der Waals surface area contributed by atoms with Crippen LogP contribution in [-0.4, -0.2) is 64.6 Å². The molecule has 4 nitrogen and oxygen atoms in total. The molecule has 0 radical (unpaired) electrons. The fourth-order valence-corrected chi connectivity index (χ4v) is 2.54. The zero-order valence-electron chi connectivity index (χ0n) is 12.3. The highest BCUT2D eigenvalue weighted by molar-refractivity contribution is 4.88. The Bertz CT molecular complexity index is 206. The molecular formula is C14H30N2O2. The Kier molecular flexibility index (Phi) is 7.82. The number of nitrogens with one attached hydrogen (secondary N) is 1. The highest BCUT2D eigenvalue weighted by atomic mass is 16.5. The normalized spacial score (nSPS) is 24.0. The van der Waals surface area contributed by atoms with Gasteiger partial charge in [-0.2, -0.15) is 0 Å². The summed E-state index contributed by atoms with van der Waals surface area (Å²) >= 11 is 0. The molecule has 1 rings (SSSR count). The zero-order chi connectivity index (χ0) is 13.3. The molecule has 1 unspecified atom stereocenters. The lowest BCUT2D eigenvalue weighted by molar-refractivity contribution is 0.0900. The molecule has 1 aliphatic heterocycles. The zero-order valence-corrected chi connectivity index (χ0v) is 12.3. The monoisotopic (exact) mass is 258 g/mol. The summed E-state index contributed by atoms with van der Waals surface area (Å²) in [7, 11) is 1.77. The van der Waals surface area contributed by atoms with Gasteiger partial charge >= 0.3 is 0 Å². The minimum atomic E-state index is 0.304. The lowest BCUT2D eigenvalue weighted by Gasteiger charge is -2.34. The van der Waals surface area contributed by atoms with Crippen molar-refractivity contribution in [3.05, 3.63) is 0 Å². The van der Waals surface area contributed by atoms with Crippen LogP contribution in [0.2, 0.25) is 0 Å². The van der Waals surface area contributed by atoms with Gasteiger partial charge in [0.2, 0.25) is 0 Å². The van der Waals surface area contributed by atoms with Crippen LogP contribution in [0, 0.1) is 5.41 Å². The van der Waals surface area contributed by atoms with E-state index in [4.69, 9.17) is 9.47 Å². The fraction of sp³-hybridized carbons (Fsp3) is 1.00. The van der Waals surface area contributed by atoms with Crippen molar-refractivity contribution in [2.24, 2.45) is 5.41 Å². The SMILES string of the molecule is CCCNCC1(CN(CC)CCOC)CCOC1. The van der Waals surface area contributed by atoms with E-state index < -0.39 is 0 Å².